The number of benzene rings is 1. The summed E-state index contributed by atoms with van der Waals surface area (Å²) in [4.78, 5) is 13.1. The van der Waals surface area contributed by atoms with Crippen LogP contribution in [0.1, 0.15) is 17.0 Å². The number of hydrogen-bond acceptors (Lipinski definition) is 7. The summed E-state index contributed by atoms with van der Waals surface area (Å²) in [7, 11) is 0. The molecule has 7 nitrogen and oxygen atoms in total. The summed E-state index contributed by atoms with van der Waals surface area (Å²) < 4.78 is 54.3. The maximum Gasteiger partial charge on any atom is 0.433 e. The van der Waals surface area contributed by atoms with Crippen LogP contribution < -0.4 is 4.74 Å². The summed E-state index contributed by atoms with van der Waals surface area (Å²) in [6.45, 7) is 1.75. The van der Waals surface area contributed by atoms with Gasteiger partial charge in [-0.25, -0.2) is 19.5 Å². The molecule has 1 aromatic carbocycles. The molecule has 0 fully saturated rings. The molecule has 6 rings (SSSR count). The summed E-state index contributed by atoms with van der Waals surface area (Å²) in [6, 6.07) is 9.79. The lowest BCUT2D eigenvalue weighted by Crippen LogP contribution is -2.07. The molecule has 13 heteroatoms. The highest BCUT2D eigenvalue weighted by Crippen LogP contribution is 2.39. The van der Waals surface area contributed by atoms with Gasteiger partial charge in [0.05, 0.1) is 10.5 Å². The minimum atomic E-state index is -4.54. The smallest absolute Gasteiger partial charge is 0.433 e. The number of halogens is 5. The summed E-state index contributed by atoms with van der Waals surface area (Å²) in [5.74, 6) is 1.75. The first-order valence-corrected chi connectivity index (χ1v) is 12.4. The van der Waals surface area contributed by atoms with Crippen LogP contribution in [0.2, 0.25) is 5.02 Å². The number of hydrogen-bond donors (Lipinski definition) is 0. The maximum atomic E-state index is 13.3. The number of nitrogens with zero attached hydrogens (tertiary/aromatic N) is 5. The van der Waals surface area contributed by atoms with Crippen molar-refractivity contribution in [1.82, 2.24) is 24.6 Å². The molecule has 0 aliphatic carbocycles. The van der Waals surface area contributed by atoms with E-state index in [0.717, 1.165) is 21.9 Å². The molecule has 0 saturated heterocycles. The highest BCUT2D eigenvalue weighted by molar-refractivity contribution is 9.10. The van der Waals surface area contributed by atoms with E-state index in [-0.39, 0.29) is 11.4 Å². The van der Waals surface area contributed by atoms with Crippen LogP contribution in [0.25, 0.3) is 37.7 Å². The van der Waals surface area contributed by atoms with Gasteiger partial charge in [0.25, 0.3) is 0 Å². The van der Waals surface area contributed by atoms with Crippen molar-refractivity contribution in [2.45, 2.75) is 19.7 Å². The van der Waals surface area contributed by atoms with Crippen LogP contribution in [0.4, 0.5) is 13.2 Å². The predicted molar refractivity (Wildman–Crippen MR) is 132 cm³/mol. The zero-order valence-electron chi connectivity index (χ0n) is 18.1. The number of thiophene rings is 1. The minimum Gasteiger partial charge on any atom is -0.484 e. The van der Waals surface area contributed by atoms with Crippen LogP contribution in [0.3, 0.4) is 0 Å². The summed E-state index contributed by atoms with van der Waals surface area (Å²) in [5.41, 5.74) is 0.477. The van der Waals surface area contributed by atoms with Crippen molar-refractivity contribution in [1.29, 1.82) is 0 Å². The summed E-state index contributed by atoms with van der Waals surface area (Å²) in [6.07, 6.45) is -3.07. The van der Waals surface area contributed by atoms with Gasteiger partial charge in [0, 0.05) is 9.86 Å². The van der Waals surface area contributed by atoms with Crippen molar-refractivity contribution in [2.75, 3.05) is 0 Å². The molecular weight excluding hydrogens is 583 g/mol. The van der Waals surface area contributed by atoms with Gasteiger partial charge in [0.1, 0.15) is 39.7 Å². The number of rotatable bonds is 4. The number of ether oxygens (including phenoxy) is 1. The van der Waals surface area contributed by atoms with Crippen LogP contribution in [-0.2, 0) is 12.8 Å². The van der Waals surface area contributed by atoms with Gasteiger partial charge in [0.15, 0.2) is 11.4 Å². The van der Waals surface area contributed by atoms with Crippen LogP contribution >= 0.6 is 38.9 Å². The van der Waals surface area contributed by atoms with Crippen molar-refractivity contribution in [3.63, 3.8) is 0 Å². The van der Waals surface area contributed by atoms with Crippen molar-refractivity contribution < 1.29 is 22.3 Å². The molecule has 0 amide bonds. The van der Waals surface area contributed by atoms with Gasteiger partial charge in [-0.3, -0.25) is 0 Å². The van der Waals surface area contributed by atoms with E-state index in [0.29, 0.717) is 54.9 Å². The SMILES string of the molecule is Cc1cc(C(F)(F)F)nc2sc3c(ncn4nc(-c5ccc(COc6ccc(Br)cc6Cl)o5)nc34)c12. The summed E-state index contributed by atoms with van der Waals surface area (Å²) >= 11 is 10.6. The Hall–Kier alpha value is -3.22. The lowest BCUT2D eigenvalue weighted by Gasteiger charge is -2.06. The van der Waals surface area contributed by atoms with E-state index in [4.69, 9.17) is 20.8 Å². The molecule has 0 aliphatic rings. The molecule has 36 heavy (non-hydrogen) atoms. The predicted octanol–water partition coefficient (Wildman–Crippen LogP) is 7.47. The van der Waals surface area contributed by atoms with E-state index in [9.17, 15) is 13.2 Å². The van der Waals surface area contributed by atoms with E-state index in [1.54, 1.807) is 31.2 Å². The Kier molecular flexibility index (Phi) is 5.43. The number of furan rings is 1. The molecule has 0 unspecified atom stereocenters. The van der Waals surface area contributed by atoms with Crippen molar-refractivity contribution in [3.8, 4) is 17.3 Å². The lowest BCUT2D eigenvalue weighted by atomic mass is 10.1. The van der Waals surface area contributed by atoms with Gasteiger partial charge >= 0.3 is 6.18 Å². The molecule has 0 radical (unpaired) electrons. The molecule has 182 valence electrons. The molecular formula is C23H12BrClF3N5O2S. The zero-order valence-corrected chi connectivity index (χ0v) is 21.3. The average Bonchev–Trinajstić information content (AvgIpc) is 3.53. The standard InChI is InChI=1S/C23H12BrClF3N5O2S/c1-10-6-16(23(26,27)28)30-22-17(10)18-19(36-22)21-31-20(32-33(21)9-29-18)15-5-3-12(35-15)8-34-14-4-2-11(24)7-13(14)25/h2-7,9H,8H2,1H3. The molecule has 5 heterocycles. The Balaban J connectivity index is 1.35. The maximum absolute atomic E-state index is 13.3. The van der Waals surface area contributed by atoms with Gasteiger partial charge in [-0.05, 0) is 48.9 Å². The van der Waals surface area contributed by atoms with Crippen LogP contribution in [-0.4, -0.2) is 24.6 Å². The van der Waals surface area contributed by atoms with E-state index in [1.807, 2.05) is 6.07 Å². The largest absolute Gasteiger partial charge is 0.484 e. The highest BCUT2D eigenvalue weighted by Gasteiger charge is 2.33. The van der Waals surface area contributed by atoms with Crippen molar-refractivity contribution in [2.24, 2.45) is 0 Å². The van der Waals surface area contributed by atoms with E-state index in [2.05, 4.69) is 36.0 Å². The van der Waals surface area contributed by atoms with E-state index >= 15 is 0 Å². The zero-order chi connectivity index (χ0) is 25.2. The summed E-state index contributed by atoms with van der Waals surface area (Å²) in [5, 5.41) is 5.46. The second kappa shape index (κ2) is 8.43. The Bertz CT molecular complexity index is 1800. The topological polar surface area (TPSA) is 78.3 Å². The Morgan fingerprint density at radius 3 is 2.78 bits per heavy atom. The normalized spacial score (nSPS) is 12.3. The molecule has 5 aromatic heterocycles. The lowest BCUT2D eigenvalue weighted by molar-refractivity contribution is -0.141. The van der Waals surface area contributed by atoms with Crippen molar-refractivity contribution >= 4 is 64.9 Å². The van der Waals surface area contributed by atoms with Crippen LogP contribution in [0.15, 0.2) is 51.6 Å². The van der Waals surface area contributed by atoms with Crippen molar-refractivity contribution in [3.05, 3.63) is 69.2 Å². The van der Waals surface area contributed by atoms with Gasteiger partial charge in [-0.15, -0.1) is 16.4 Å². The fraction of sp³-hybridized carbons (Fsp3) is 0.130. The minimum absolute atomic E-state index is 0.142. The molecule has 0 saturated carbocycles. The fourth-order valence-corrected chi connectivity index (χ4v) is 5.68. The van der Waals surface area contributed by atoms with Gasteiger partial charge in [0.2, 0.25) is 5.82 Å². The van der Waals surface area contributed by atoms with Gasteiger partial charge in [-0.2, -0.15) is 13.2 Å². The second-order valence-corrected chi connectivity index (χ2v) is 10.2. The van der Waals surface area contributed by atoms with E-state index < -0.39 is 11.9 Å². The average molecular weight is 595 g/mol. The monoisotopic (exact) mass is 593 g/mol. The third kappa shape index (κ3) is 3.98. The third-order valence-corrected chi connectivity index (χ3v) is 7.26. The first-order valence-electron chi connectivity index (χ1n) is 10.4. The quantitative estimate of drug-likeness (QED) is 0.211. The first-order chi connectivity index (χ1) is 17.2. The first kappa shape index (κ1) is 23.2. The number of alkyl halides is 3. The second-order valence-electron chi connectivity index (χ2n) is 7.86. The third-order valence-electron chi connectivity index (χ3n) is 5.40. The molecule has 0 atom stereocenters. The van der Waals surface area contributed by atoms with Crippen LogP contribution in [0.5, 0.6) is 5.75 Å². The van der Waals surface area contributed by atoms with Crippen LogP contribution in [0, 0.1) is 6.92 Å². The number of aryl methyl sites for hydroxylation is 1. The van der Waals surface area contributed by atoms with Gasteiger partial charge in [-0.1, -0.05) is 27.5 Å². The molecule has 0 spiro atoms. The molecule has 0 bridgehead atoms. The fourth-order valence-electron chi connectivity index (χ4n) is 3.78. The Labute approximate surface area is 217 Å². The molecule has 0 aliphatic heterocycles. The Morgan fingerprint density at radius 1 is 1.17 bits per heavy atom. The molecule has 6 aromatic rings. The van der Waals surface area contributed by atoms with E-state index in [1.165, 1.54) is 10.8 Å². The number of fused-ring (bicyclic) bond motifs is 5. The molecule has 0 N–H and O–H groups in total. The Morgan fingerprint density at radius 2 is 2.00 bits per heavy atom. The number of pyridine rings is 1. The highest BCUT2D eigenvalue weighted by atomic mass is 79.9. The number of aromatic nitrogens is 5. The van der Waals surface area contributed by atoms with Gasteiger partial charge < -0.3 is 9.15 Å².